The van der Waals surface area contributed by atoms with E-state index in [2.05, 4.69) is 5.32 Å². The lowest BCUT2D eigenvalue weighted by Gasteiger charge is -2.27. The second-order valence-corrected chi connectivity index (χ2v) is 6.33. The normalized spacial score (nSPS) is 12.5. The number of halogens is 3. The molecule has 0 fully saturated rings. The van der Waals surface area contributed by atoms with Gasteiger partial charge in [-0.3, -0.25) is 0 Å². The van der Waals surface area contributed by atoms with Crippen LogP contribution in [0.2, 0.25) is 0 Å². The number of alkyl halides is 3. The average Bonchev–Trinajstić information content (AvgIpc) is 2.65. The van der Waals surface area contributed by atoms with Crippen molar-refractivity contribution in [2.45, 2.75) is 32.0 Å². The zero-order chi connectivity index (χ0) is 20.0. The minimum atomic E-state index is -4.35. The number of hydrogen-bond donors (Lipinski definition) is 2. The van der Waals surface area contributed by atoms with Crippen molar-refractivity contribution in [2.75, 3.05) is 18.9 Å². The first kappa shape index (κ1) is 20.8. The summed E-state index contributed by atoms with van der Waals surface area (Å²) >= 11 is 0. The van der Waals surface area contributed by atoms with Gasteiger partial charge in [0.05, 0.1) is 5.56 Å². The second-order valence-electron chi connectivity index (χ2n) is 6.33. The minimum absolute atomic E-state index is 0.0708. The summed E-state index contributed by atoms with van der Waals surface area (Å²) < 4.78 is 37.9. The summed E-state index contributed by atoms with van der Waals surface area (Å²) in [5, 5.41) is 2.82. The predicted octanol–water partition coefficient (Wildman–Crippen LogP) is 4.96. The fourth-order valence-corrected chi connectivity index (χ4v) is 2.84. The largest absolute Gasteiger partial charge is 0.416 e. The lowest BCUT2D eigenvalue weighted by Crippen LogP contribution is -2.40. The summed E-state index contributed by atoms with van der Waals surface area (Å²) in [5.41, 5.74) is 6.96. The molecule has 0 saturated carbocycles. The molecular weight excluding hydrogens is 355 g/mol. The van der Waals surface area contributed by atoms with Crippen molar-refractivity contribution in [1.82, 2.24) is 4.90 Å². The zero-order valence-corrected chi connectivity index (χ0v) is 15.4. The van der Waals surface area contributed by atoms with Gasteiger partial charge >= 0.3 is 12.2 Å². The van der Waals surface area contributed by atoms with Gasteiger partial charge < -0.3 is 16.0 Å². The molecule has 27 heavy (non-hydrogen) atoms. The Morgan fingerprint density at radius 2 is 1.59 bits per heavy atom. The molecule has 1 atom stereocenters. The Kier molecular flexibility index (Phi) is 6.85. The van der Waals surface area contributed by atoms with Crippen LogP contribution < -0.4 is 11.1 Å². The van der Waals surface area contributed by atoms with E-state index >= 15 is 0 Å². The van der Waals surface area contributed by atoms with E-state index in [-0.39, 0.29) is 12.1 Å². The molecule has 0 saturated heterocycles. The molecule has 7 heteroatoms. The number of rotatable bonds is 6. The van der Waals surface area contributed by atoms with E-state index in [0.717, 1.165) is 30.5 Å². The molecule has 2 aromatic rings. The maximum Gasteiger partial charge on any atom is 0.416 e. The van der Waals surface area contributed by atoms with Crippen LogP contribution in [0.1, 0.15) is 25.3 Å². The number of amides is 2. The molecule has 0 aliphatic heterocycles. The molecule has 2 rings (SSSR count). The third-order valence-corrected chi connectivity index (χ3v) is 4.52. The van der Waals surface area contributed by atoms with Crippen molar-refractivity contribution in [3.63, 3.8) is 0 Å². The molecule has 2 aromatic carbocycles. The molecule has 146 valence electrons. The molecule has 0 aliphatic rings. The topological polar surface area (TPSA) is 58.4 Å². The Morgan fingerprint density at radius 3 is 2.04 bits per heavy atom. The summed E-state index contributed by atoms with van der Waals surface area (Å²) in [4.78, 5) is 14.0. The van der Waals surface area contributed by atoms with Gasteiger partial charge in [-0.2, -0.15) is 13.2 Å². The fourth-order valence-electron chi connectivity index (χ4n) is 2.84. The molecule has 0 aromatic heterocycles. The van der Waals surface area contributed by atoms with E-state index < -0.39 is 11.7 Å². The highest BCUT2D eigenvalue weighted by Gasteiger charge is 2.29. The van der Waals surface area contributed by atoms with Crippen LogP contribution in [-0.4, -0.2) is 30.6 Å². The van der Waals surface area contributed by atoms with Gasteiger partial charge in [0.2, 0.25) is 0 Å². The Labute approximate surface area is 157 Å². The van der Waals surface area contributed by atoms with Crippen molar-refractivity contribution in [3.8, 4) is 11.1 Å². The van der Waals surface area contributed by atoms with Crippen molar-refractivity contribution >= 4 is 11.7 Å². The van der Waals surface area contributed by atoms with Crippen molar-refractivity contribution in [3.05, 3.63) is 54.1 Å². The van der Waals surface area contributed by atoms with Crippen LogP contribution in [0.5, 0.6) is 0 Å². The smallest absolute Gasteiger partial charge is 0.330 e. The van der Waals surface area contributed by atoms with Gasteiger partial charge in [0, 0.05) is 18.8 Å². The zero-order valence-electron chi connectivity index (χ0n) is 15.4. The SMILES string of the molecule is CCC(CCN)N(C)C(=O)Nc1ccc(-c2ccc(C(F)(F)F)cc2)cc1. The first-order valence-corrected chi connectivity index (χ1v) is 8.77. The monoisotopic (exact) mass is 379 g/mol. The highest BCUT2D eigenvalue weighted by Crippen LogP contribution is 2.31. The van der Waals surface area contributed by atoms with Gasteiger partial charge in [0.1, 0.15) is 0 Å². The van der Waals surface area contributed by atoms with Crippen molar-refractivity contribution in [2.24, 2.45) is 5.73 Å². The van der Waals surface area contributed by atoms with Crippen LogP contribution in [-0.2, 0) is 6.18 Å². The maximum atomic E-state index is 12.6. The number of anilines is 1. The molecule has 0 aliphatic carbocycles. The summed E-state index contributed by atoms with van der Waals surface area (Å²) in [6.07, 6.45) is -2.81. The quantitative estimate of drug-likeness (QED) is 0.745. The van der Waals surface area contributed by atoms with Crippen LogP contribution in [0.4, 0.5) is 23.7 Å². The number of nitrogens with one attached hydrogen (secondary N) is 1. The number of carbonyl (C=O) groups excluding carboxylic acids is 1. The number of nitrogens with two attached hydrogens (primary N) is 1. The molecular formula is C20H24F3N3O. The highest BCUT2D eigenvalue weighted by atomic mass is 19.4. The van der Waals surface area contributed by atoms with E-state index in [1.807, 2.05) is 6.92 Å². The summed E-state index contributed by atoms with van der Waals surface area (Å²) in [7, 11) is 1.73. The standard InChI is InChI=1S/C20H24F3N3O/c1-3-18(12-13-24)26(2)19(27)25-17-10-6-15(7-11-17)14-4-8-16(9-5-14)20(21,22)23/h4-11,18H,3,12-13,24H2,1-2H3,(H,25,27). The first-order chi connectivity index (χ1) is 12.8. The van der Waals surface area contributed by atoms with E-state index in [1.165, 1.54) is 12.1 Å². The molecule has 2 amide bonds. The van der Waals surface area contributed by atoms with Gasteiger partial charge in [-0.1, -0.05) is 31.2 Å². The lowest BCUT2D eigenvalue weighted by molar-refractivity contribution is -0.137. The highest BCUT2D eigenvalue weighted by molar-refractivity contribution is 5.89. The number of urea groups is 1. The van der Waals surface area contributed by atoms with Gasteiger partial charge in [0.25, 0.3) is 0 Å². The van der Waals surface area contributed by atoms with E-state index in [1.54, 1.807) is 36.2 Å². The van der Waals surface area contributed by atoms with Crippen LogP contribution in [0.3, 0.4) is 0 Å². The Hall–Kier alpha value is -2.54. The molecule has 3 N–H and O–H groups in total. The molecule has 0 spiro atoms. The number of carbonyl (C=O) groups is 1. The van der Waals surface area contributed by atoms with Gasteiger partial charge in [0.15, 0.2) is 0 Å². The average molecular weight is 379 g/mol. The molecule has 4 nitrogen and oxygen atoms in total. The number of benzene rings is 2. The predicted molar refractivity (Wildman–Crippen MR) is 101 cm³/mol. The van der Waals surface area contributed by atoms with Crippen LogP contribution >= 0.6 is 0 Å². The van der Waals surface area contributed by atoms with Gasteiger partial charge in [-0.25, -0.2) is 4.79 Å². The Morgan fingerprint density at radius 1 is 1.07 bits per heavy atom. The van der Waals surface area contributed by atoms with Crippen LogP contribution in [0.25, 0.3) is 11.1 Å². The molecule has 1 unspecified atom stereocenters. The van der Waals surface area contributed by atoms with E-state index in [9.17, 15) is 18.0 Å². The van der Waals surface area contributed by atoms with Gasteiger partial charge in [-0.15, -0.1) is 0 Å². The Bertz CT molecular complexity index is 743. The molecule has 0 radical (unpaired) electrons. The summed E-state index contributed by atoms with van der Waals surface area (Å²) in [6.45, 7) is 2.51. The third-order valence-electron chi connectivity index (χ3n) is 4.52. The van der Waals surface area contributed by atoms with E-state index in [4.69, 9.17) is 5.73 Å². The van der Waals surface area contributed by atoms with Crippen LogP contribution in [0, 0.1) is 0 Å². The van der Waals surface area contributed by atoms with Crippen molar-refractivity contribution in [1.29, 1.82) is 0 Å². The van der Waals surface area contributed by atoms with Gasteiger partial charge in [-0.05, 0) is 54.8 Å². The first-order valence-electron chi connectivity index (χ1n) is 8.77. The number of nitrogens with zero attached hydrogens (tertiary/aromatic N) is 1. The molecule has 0 bridgehead atoms. The maximum absolute atomic E-state index is 12.6. The van der Waals surface area contributed by atoms with Crippen LogP contribution in [0.15, 0.2) is 48.5 Å². The summed E-state index contributed by atoms with van der Waals surface area (Å²) in [5.74, 6) is 0. The lowest BCUT2D eigenvalue weighted by atomic mass is 10.0. The molecule has 0 heterocycles. The Balaban J connectivity index is 2.05. The van der Waals surface area contributed by atoms with E-state index in [0.29, 0.717) is 17.8 Å². The number of hydrogen-bond acceptors (Lipinski definition) is 2. The second kappa shape index (κ2) is 8.90. The third kappa shape index (κ3) is 5.47. The summed E-state index contributed by atoms with van der Waals surface area (Å²) in [6, 6.07) is 11.8. The minimum Gasteiger partial charge on any atom is -0.330 e. The fraction of sp³-hybridized carbons (Fsp3) is 0.350. The van der Waals surface area contributed by atoms with Crippen molar-refractivity contribution < 1.29 is 18.0 Å².